The summed E-state index contributed by atoms with van der Waals surface area (Å²) in [5.41, 5.74) is 7.46. The van der Waals surface area contributed by atoms with Gasteiger partial charge in [0.15, 0.2) is 0 Å². The van der Waals surface area contributed by atoms with Crippen LogP contribution in [0.2, 0.25) is 0 Å². The molecule has 0 aliphatic rings. The van der Waals surface area contributed by atoms with Gasteiger partial charge in [-0.2, -0.15) is 0 Å². The van der Waals surface area contributed by atoms with Gasteiger partial charge in [0, 0.05) is 17.3 Å². The van der Waals surface area contributed by atoms with E-state index >= 15 is 0 Å². The van der Waals surface area contributed by atoms with E-state index in [-0.39, 0.29) is 0 Å². The quantitative estimate of drug-likeness (QED) is 0.527. The average molecular weight is 188 g/mol. The van der Waals surface area contributed by atoms with Crippen LogP contribution in [0.15, 0.2) is 30.5 Å². The topological polar surface area (TPSA) is 79.4 Å². The van der Waals surface area contributed by atoms with Crippen LogP contribution in [0.25, 0.3) is 10.9 Å². The summed E-state index contributed by atoms with van der Waals surface area (Å²) < 4.78 is 0. The summed E-state index contributed by atoms with van der Waals surface area (Å²) >= 11 is 0. The third-order valence-corrected chi connectivity index (χ3v) is 2.10. The van der Waals surface area contributed by atoms with Crippen molar-refractivity contribution < 1.29 is 10.0 Å². The summed E-state index contributed by atoms with van der Waals surface area (Å²) in [6.45, 7) is 0. The lowest BCUT2D eigenvalue weighted by Crippen LogP contribution is -2.29. The van der Waals surface area contributed by atoms with Crippen molar-refractivity contribution >= 4 is 29.2 Å². The van der Waals surface area contributed by atoms with Gasteiger partial charge in [-0.3, -0.25) is 4.98 Å². The Balaban J connectivity index is 2.70. The maximum atomic E-state index is 8.97. The van der Waals surface area contributed by atoms with Gasteiger partial charge in [0.25, 0.3) is 0 Å². The summed E-state index contributed by atoms with van der Waals surface area (Å²) in [6, 6.07) is 6.62. The molecule has 4 nitrogen and oxygen atoms in total. The maximum Gasteiger partial charge on any atom is 0.488 e. The molecule has 1 aromatic carbocycles. The van der Waals surface area contributed by atoms with E-state index < -0.39 is 7.12 Å². The lowest BCUT2D eigenvalue weighted by Gasteiger charge is -2.03. The van der Waals surface area contributed by atoms with E-state index in [1.54, 1.807) is 30.5 Å². The fourth-order valence-electron chi connectivity index (χ4n) is 1.35. The zero-order chi connectivity index (χ0) is 10.1. The van der Waals surface area contributed by atoms with Crippen molar-refractivity contribution in [2.45, 2.75) is 0 Å². The molecule has 0 spiro atoms. The van der Waals surface area contributed by atoms with Crippen LogP contribution in [-0.2, 0) is 0 Å². The number of benzene rings is 1. The second-order valence-corrected chi connectivity index (χ2v) is 3.05. The molecule has 70 valence electrons. The molecule has 0 saturated carbocycles. The number of anilines is 1. The minimum absolute atomic E-state index is 0.414. The standard InChI is InChI=1S/C9H9BN2O2/c11-8-3-4-12-9-2-1-6(10(13)14)5-7(8)9/h1-5,13-14H,(H2,11,12). The van der Waals surface area contributed by atoms with Crippen molar-refractivity contribution in [1.29, 1.82) is 0 Å². The molecule has 2 aromatic rings. The molecule has 14 heavy (non-hydrogen) atoms. The van der Waals surface area contributed by atoms with Gasteiger partial charge in [0.2, 0.25) is 0 Å². The molecular formula is C9H9BN2O2. The van der Waals surface area contributed by atoms with Crippen LogP contribution < -0.4 is 11.2 Å². The molecule has 1 heterocycles. The molecule has 0 aliphatic carbocycles. The minimum atomic E-state index is -1.47. The van der Waals surface area contributed by atoms with Crippen LogP contribution >= 0.6 is 0 Å². The molecular weight excluding hydrogens is 179 g/mol. The Hall–Kier alpha value is -1.59. The van der Waals surface area contributed by atoms with Gasteiger partial charge >= 0.3 is 7.12 Å². The summed E-state index contributed by atoms with van der Waals surface area (Å²) in [6.07, 6.45) is 1.62. The van der Waals surface area contributed by atoms with E-state index in [4.69, 9.17) is 15.8 Å². The predicted molar refractivity (Wildman–Crippen MR) is 56.0 cm³/mol. The van der Waals surface area contributed by atoms with Gasteiger partial charge in [-0.25, -0.2) is 0 Å². The van der Waals surface area contributed by atoms with Gasteiger partial charge in [-0.15, -0.1) is 0 Å². The number of nitrogens with two attached hydrogens (primary N) is 1. The Labute approximate surface area is 81.2 Å². The third kappa shape index (κ3) is 1.43. The second kappa shape index (κ2) is 3.28. The zero-order valence-corrected chi connectivity index (χ0v) is 7.38. The molecule has 1 aromatic heterocycles. The number of fused-ring (bicyclic) bond motifs is 1. The van der Waals surface area contributed by atoms with Crippen molar-refractivity contribution in [3.8, 4) is 0 Å². The summed E-state index contributed by atoms with van der Waals surface area (Å²) in [7, 11) is -1.47. The minimum Gasteiger partial charge on any atom is -0.423 e. The number of pyridine rings is 1. The molecule has 0 fully saturated rings. The number of nitrogen functional groups attached to an aromatic ring is 1. The molecule has 5 heteroatoms. The van der Waals surface area contributed by atoms with Crippen LogP contribution in [0.4, 0.5) is 5.69 Å². The first-order valence-corrected chi connectivity index (χ1v) is 4.19. The first-order valence-electron chi connectivity index (χ1n) is 4.19. The van der Waals surface area contributed by atoms with Crippen molar-refractivity contribution in [2.75, 3.05) is 5.73 Å². The maximum absolute atomic E-state index is 8.97. The molecule has 0 saturated heterocycles. The summed E-state index contributed by atoms with van der Waals surface area (Å²) in [5, 5.41) is 18.7. The van der Waals surface area contributed by atoms with Gasteiger partial charge < -0.3 is 15.8 Å². The zero-order valence-electron chi connectivity index (χ0n) is 7.38. The lowest BCUT2D eigenvalue weighted by molar-refractivity contribution is 0.426. The molecule has 0 amide bonds. The highest BCUT2D eigenvalue weighted by molar-refractivity contribution is 6.58. The number of aromatic nitrogens is 1. The molecule has 0 bridgehead atoms. The van der Waals surface area contributed by atoms with E-state index in [1.807, 2.05) is 0 Å². The van der Waals surface area contributed by atoms with Crippen LogP contribution in [0.3, 0.4) is 0 Å². The Morgan fingerprint density at radius 2 is 2.00 bits per heavy atom. The highest BCUT2D eigenvalue weighted by Crippen LogP contribution is 2.16. The van der Waals surface area contributed by atoms with E-state index in [2.05, 4.69) is 4.98 Å². The molecule has 0 unspecified atom stereocenters. The fraction of sp³-hybridized carbons (Fsp3) is 0. The predicted octanol–water partition coefficient (Wildman–Crippen LogP) is -0.503. The third-order valence-electron chi connectivity index (χ3n) is 2.10. The summed E-state index contributed by atoms with van der Waals surface area (Å²) in [5.74, 6) is 0. The monoisotopic (exact) mass is 188 g/mol. The van der Waals surface area contributed by atoms with E-state index in [1.165, 1.54) is 0 Å². The summed E-state index contributed by atoms with van der Waals surface area (Å²) in [4.78, 5) is 4.10. The highest BCUT2D eigenvalue weighted by Gasteiger charge is 2.11. The molecule has 0 atom stereocenters. The van der Waals surface area contributed by atoms with Crippen LogP contribution in [0.5, 0.6) is 0 Å². The van der Waals surface area contributed by atoms with Crippen molar-refractivity contribution in [1.82, 2.24) is 4.98 Å². The molecule has 4 N–H and O–H groups in total. The van der Waals surface area contributed by atoms with Gasteiger partial charge in [0.1, 0.15) is 0 Å². The number of hydrogen-bond acceptors (Lipinski definition) is 4. The van der Waals surface area contributed by atoms with Crippen molar-refractivity contribution in [3.63, 3.8) is 0 Å². The van der Waals surface area contributed by atoms with Gasteiger partial charge in [0.05, 0.1) is 5.52 Å². The van der Waals surface area contributed by atoms with Gasteiger partial charge in [-0.05, 0) is 17.6 Å². The lowest BCUT2D eigenvalue weighted by atomic mass is 9.80. The highest BCUT2D eigenvalue weighted by atomic mass is 16.4. The second-order valence-electron chi connectivity index (χ2n) is 3.05. The fourth-order valence-corrected chi connectivity index (χ4v) is 1.35. The smallest absolute Gasteiger partial charge is 0.423 e. The Morgan fingerprint density at radius 1 is 1.21 bits per heavy atom. The first-order chi connectivity index (χ1) is 6.68. The van der Waals surface area contributed by atoms with Crippen LogP contribution in [-0.4, -0.2) is 22.2 Å². The average Bonchev–Trinajstić information content (AvgIpc) is 2.18. The normalized spacial score (nSPS) is 10.4. The number of nitrogens with zero attached hydrogens (tertiary/aromatic N) is 1. The first kappa shape index (κ1) is 8.99. The molecule has 0 radical (unpaired) electrons. The van der Waals surface area contributed by atoms with E-state index in [9.17, 15) is 0 Å². The SMILES string of the molecule is Nc1ccnc2ccc(B(O)O)cc12. The number of rotatable bonds is 1. The molecule has 0 aliphatic heterocycles. The van der Waals surface area contributed by atoms with Gasteiger partial charge in [-0.1, -0.05) is 12.1 Å². The van der Waals surface area contributed by atoms with Crippen LogP contribution in [0, 0.1) is 0 Å². The van der Waals surface area contributed by atoms with E-state index in [0.717, 1.165) is 10.9 Å². The number of hydrogen-bond donors (Lipinski definition) is 3. The van der Waals surface area contributed by atoms with Crippen molar-refractivity contribution in [2.24, 2.45) is 0 Å². The Morgan fingerprint density at radius 3 is 2.71 bits per heavy atom. The largest absolute Gasteiger partial charge is 0.488 e. The Kier molecular flexibility index (Phi) is 2.11. The molecule has 2 rings (SSSR count). The Bertz CT molecular complexity index is 473. The van der Waals surface area contributed by atoms with Crippen LogP contribution in [0.1, 0.15) is 0 Å². The van der Waals surface area contributed by atoms with Crippen molar-refractivity contribution in [3.05, 3.63) is 30.5 Å². The van der Waals surface area contributed by atoms with E-state index in [0.29, 0.717) is 11.2 Å².